The molecule has 128 valence electrons. The summed E-state index contributed by atoms with van der Waals surface area (Å²) in [5.41, 5.74) is 0.570. The van der Waals surface area contributed by atoms with Crippen molar-refractivity contribution in [2.75, 3.05) is 7.11 Å². The topological polar surface area (TPSA) is 106 Å². The number of aromatic carboxylic acids is 1. The molecule has 0 fully saturated rings. The Hall–Kier alpha value is -2.45. The van der Waals surface area contributed by atoms with E-state index in [1.165, 1.54) is 19.2 Å². The minimum Gasteiger partial charge on any atom is -0.496 e. The van der Waals surface area contributed by atoms with Gasteiger partial charge in [-0.3, -0.25) is 4.98 Å². The van der Waals surface area contributed by atoms with Crippen molar-refractivity contribution < 1.29 is 23.1 Å². The van der Waals surface area contributed by atoms with E-state index in [1.54, 1.807) is 24.5 Å². The van der Waals surface area contributed by atoms with Gasteiger partial charge < -0.3 is 9.84 Å². The average Bonchev–Trinajstić information content (AvgIpc) is 2.59. The van der Waals surface area contributed by atoms with Crippen molar-refractivity contribution in [3.63, 3.8) is 0 Å². The number of methoxy groups -OCH3 is 1. The molecule has 0 saturated heterocycles. The highest BCUT2D eigenvalue weighted by Gasteiger charge is 2.23. The molecule has 0 saturated carbocycles. The van der Waals surface area contributed by atoms with Gasteiger partial charge in [0.25, 0.3) is 0 Å². The van der Waals surface area contributed by atoms with Gasteiger partial charge in [-0.15, -0.1) is 0 Å². The lowest BCUT2D eigenvalue weighted by atomic mass is 10.1. The van der Waals surface area contributed by atoms with E-state index < -0.39 is 22.0 Å². The molecule has 0 radical (unpaired) electrons. The van der Waals surface area contributed by atoms with Crippen molar-refractivity contribution in [2.24, 2.45) is 0 Å². The number of pyridine rings is 1. The van der Waals surface area contributed by atoms with Gasteiger partial charge in [0.15, 0.2) is 0 Å². The maximum atomic E-state index is 12.6. The number of hydrogen-bond donors (Lipinski definition) is 2. The van der Waals surface area contributed by atoms with Gasteiger partial charge in [-0.05, 0) is 42.3 Å². The van der Waals surface area contributed by atoms with Crippen LogP contribution >= 0.6 is 0 Å². The zero-order chi connectivity index (χ0) is 17.7. The van der Waals surface area contributed by atoms with Crippen molar-refractivity contribution in [1.82, 2.24) is 9.71 Å². The minimum atomic E-state index is -3.89. The fourth-order valence-electron chi connectivity index (χ4n) is 2.26. The van der Waals surface area contributed by atoms with Crippen molar-refractivity contribution in [1.29, 1.82) is 0 Å². The van der Waals surface area contributed by atoms with Gasteiger partial charge in [0.2, 0.25) is 10.0 Å². The minimum absolute atomic E-state index is 0.0997. The summed E-state index contributed by atoms with van der Waals surface area (Å²) in [6, 6.07) is 6.75. The number of benzene rings is 1. The second-order valence-corrected chi connectivity index (χ2v) is 6.74. The number of hydrogen-bond acceptors (Lipinski definition) is 5. The molecule has 0 amide bonds. The van der Waals surface area contributed by atoms with Crippen LogP contribution in [0.15, 0.2) is 47.6 Å². The van der Waals surface area contributed by atoms with Crippen LogP contribution in [0.4, 0.5) is 0 Å². The third-order valence-corrected chi connectivity index (χ3v) is 5.00. The SMILES string of the molecule is CCC(NS(=O)(=O)c1ccc(OC)c(C(=O)O)c1)c1ccncc1. The van der Waals surface area contributed by atoms with Gasteiger partial charge in [0.1, 0.15) is 11.3 Å². The van der Waals surface area contributed by atoms with Crippen LogP contribution in [-0.4, -0.2) is 31.6 Å². The molecule has 1 aromatic heterocycles. The lowest BCUT2D eigenvalue weighted by molar-refractivity contribution is 0.0693. The molecule has 1 atom stereocenters. The van der Waals surface area contributed by atoms with Crippen LogP contribution in [0.3, 0.4) is 0 Å². The normalized spacial score (nSPS) is 12.6. The van der Waals surface area contributed by atoms with Crippen molar-refractivity contribution in [3.05, 3.63) is 53.9 Å². The van der Waals surface area contributed by atoms with E-state index in [9.17, 15) is 18.3 Å². The van der Waals surface area contributed by atoms with E-state index in [0.717, 1.165) is 11.6 Å². The number of sulfonamides is 1. The number of ether oxygens (including phenoxy) is 1. The van der Waals surface area contributed by atoms with Gasteiger partial charge in [-0.25, -0.2) is 17.9 Å². The fourth-order valence-corrected chi connectivity index (χ4v) is 3.59. The van der Waals surface area contributed by atoms with E-state index in [1.807, 2.05) is 6.92 Å². The van der Waals surface area contributed by atoms with Crippen LogP contribution in [0.5, 0.6) is 5.75 Å². The third-order valence-electron chi connectivity index (χ3n) is 3.53. The van der Waals surface area contributed by atoms with Crippen molar-refractivity contribution in [3.8, 4) is 5.75 Å². The molecule has 0 aliphatic rings. The Bertz CT molecular complexity index is 822. The lowest BCUT2D eigenvalue weighted by Gasteiger charge is -2.18. The fraction of sp³-hybridized carbons (Fsp3) is 0.250. The molecule has 1 heterocycles. The van der Waals surface area contributed by atoms with Gasteiger partial charge in [-0.2, -0.15) is 0 Å². The molecular formula is C16H18N2O5S. The molecule has 0 aliphatic heterocycles. The molecule has 2 rings (SSSR count). The summed E-state index contributed by atoms with van der Waals surface area (Å²) in [6.45, 7) is 1.85. The summed E-state index contributed by atoms with van der Waals surface area (Å²) >= 11 is 0. The maximum Gasteiger partial charge on any atom is 0.339 e. The maximum absolute atomic E-state index is 12.6. The summed E-state index contributed by atoms with van der Waals surface area (Å²) in [7, 11) is -2.57. The summed E-state index contributed by atoms with van der Waals surface area (Å²) < 4.78 is 32.7. The largest absolute Gasteiger partial charge is 0.496 e. The molecule has 2 N–H and O–H groups in total. The molecule has 8 heteroatoms. The number of nitrogens with zero attached hydrogens (tertiary/aromatic N) is 1. The van der Waals surface area contributed by atoms with Crippen LogP contribution in [0.25, 0.3) is 0 Å². The third kappa shape index (κ3) is 3.90. The van der Waals surface area contributed by atoms with Gasteiger partial charge in [0, 0.05) is 18.4 Å². The zero-order valence-corrected chi connectivity index (χ0v) is 14.1. The van der Waals surface area contributed by atoms with Crippen molar-refractivity contribution >= 4 is 16.0 Å². The van der Waals surface area contributed by atoms with Crippen LogP contribution in [0, 0.1) is 0 Å². The highest BCUT2D eigenvalue weighted by Crippen LogP contribution is 2.24. The van der Waals surface area contributed by atoms with E-state index in [2.05, 4.69) is 9.71 Å². The predicted octanol–water partition coefficient (Wildman–Crippen LogP) is 2.22. The summed E-state index contributed by atoms with van der Waals surface area (Å²) in [5.74, 6) is -1.16. The number of nitrogens with one attached hydrogen (secondary N) is 1. The van der Waals surface area contributed by atoms with Crippen LogP contribution in [0.2, 0.25) is 0 Å². The molecule has 0 aliphatic carbocycles. The molecule has 0 spiro atoms. The van der Waals surface area contributed by atoms with Crippen LogP contribution < -0.4 is 9.46 Å². The molecule has 7 nitrogen and oxygen atoms in total. The van der Waals surface area contributed by atoms with E-state index in [-0.39, 0.29) is 16.2 Å². The number of carbonyl (C=O) groups is 1. The van der Waals surface area contributed by atoms with Crippen LogP contribution in [-0.2, 0) is 10.0 Å². The Morgan fingerprint density at radius 3 is 2.50 bits per heavy atom. The Kier molecular flexibility index (Phi) is 5.53. The Labute approximate surface area is 140 Å². The monoisotopic (exact) mass is 350 g/mol. The van der Waals surface area contributed by atoms with Gasteiger partial charge in [0.05, 0.1) is 12.0 Å². The highest BCUT2D eigenvalue weighted by atomic mass is 32.2. The first-order valence-electron chi connectivity index (χ1n) is 7.22. The summed E-state index contributed by atoms with van der Waals surface area (Å²) in [6.07, 6.45) is 3.70. The average molecular weight is 350 g/mol. The quantitative estimate of drug-likeness (QED) is 0.793. The lowest BCUT2D eigenvalue weighted by Crippen LogP contribution is -2.28. The number of rotatable bonds is 7. The molecule has 1 aromatic carbocycles. The molecule has 2 aromatic rings. The summed E-state index contributed by atoms with van der Waals surface area (Å²) in [4.78, 5) is 15.0. The molecule has 0 bridgehead atoms. The first-order chi connectivity index (χ1) is 11.4. The van der Waals surface area contributed by atoms with Gasteiger partial charge >= 0.3 is 5.97 Å². The summed E-state index contributed by atoms with van der Waals surface area (Å²) in [5, 5.41) is 9.19. The Morgan fingerprint density at radius 1 is 1.29 bits per heavy atom. The van der Waals surface area contributed by atoms with Crippen LogP contribution in [0.1, 0.15) is 35.3 Å². The molecular weight excluding hydrogens is 332 g/mol. The number of aromatic nitrogens is 1. The standard InChI is InChI=1S/C16H18N2O5S/c1-3-14(11-6-8-17-9-7-11)18-24(21,22)12-4-5-15(23-2)13(10-12)16(19)20/h4-10,14,18H,3H2,1-2H3,(H,19,20). The van der Waals surface area contributed by atoms with E-state index in [0.29, 0.717) is 6.42 Å². The van der Waals surface area contributed by atoms with E-state index >= 15 is 0 Å². The second-order valence-electron chi connectivity index (χ2n) is 5.03. The zero-order valence-electron chi connectivity index (χ0n) is 13.3. The second kappa shape index (κ2) is 7.41. The predicted molar refractivity (Wildman–Crippen MR) is 87.5 cm³/mol. The highest BCUT2D eigenvalue weighted by molar-refractivity contribution is 7.89. The van der Waals surface area contributed by atoms with E-state index in [4.69, 9.17) is 4.74 Å². The Morgan fingerprint density at radius 2 is 1.96 bits per heavy atom. The van der Waals surface area contributed by atoms with Gasteiger partial charge in [-0.1, -0.05) is 6.92 Å². The number of carboxylic acids is 1. The number of carboxylic acid groups (broad SMARTS) is 1. The Balaban J connectivity index is 2.36. The first kappa shape index (κ1) is 17.9. The van der Waals surface area contributed by atoms with Crippen molar-refractivity contribution in [2.45, 2.75) is 24.3 Å². The molecule has 24 heavy (non-hydrogen) atoms. The molecule has 1 unspecified atom stereocenters. The smallest absolute Gasteiger partial charge is 0.339 e. The first-order valence-corrected chi connectivity index (χ1v) is 8.71.